The highest BCUT2D eigenvalue weighted by Crippen LogP contribution is 2.34. The highest BCUT2D eigenvalue weighted by Gasteiger charge is 2.21. The summed E-state index contributed by atoms with van der Waals surface area (Å²) >= 11 is 5.00. The Balaban J connectivity index is 2.13. The van der Waals surface area contributed by atoms with Gasteiger partial charge in [-0.25, -0.2) is 8.78 Å². The molecular formula is C17H15BrF2N2OS. The molecule has 0 unspecified atom stereocenters. The zero-order chi connectivity index (χ0) is 17.4. The van der Waals surface area contributed by atoms with Crippen molar-refractivity contribution in [2.75, 3.05) is 13.6 Å². The molecule has 24 heavy (non-hydrogen) atoms. The second kappa shape index (κ2) is 6.64. The molecule has 126 valence electrons. The van der Waals surface area contributed by atoms with E-state index in [0.29, 0.717) is 17.8 Å². The van der Waals surface area contributed by atoms with Gasteiger partial charge in [-0.1, -0.05) is 6.07 Å². The summed E-state index contributed by atoms with van der Waals surface area (Å²) in [5, 5.41) is 1.93. The van der Waals surface area contributed by atoms with Gasteiger partial charge >= 0.3 is 0 Å². The first-order valence-electron chi connectivity index (χ1n) is 7.38. The molecule has 2 heterocycles. The Hall–Kier alpha value is -1.73. The van der Waals surface area contributed by atoms with Crippen LogP contribution in [0.25, 0.3) is 10.2 Å². The first-order chi connectivity index (χ1) is 11.4. The fourth-order valence-corrected chi connectivity index (χ4v) is 4.22. The standard InChI is InChI=1S/C17H15BrF2N2OS/c1-3-21(2)17(23)14-7-15-16(12(18)9-24-15)22(14)8-10-4-5-11(19)6-13(10)20/h4-7,9H,3,8H2,1-2H3. The van der Waals surface area contributed by atoms with E-state index in [1.165, 1.54) is 23.5 Å². The average Bonchev–Trinajstić information content (AvgIpc) is 3.09. The van der Waals surface area contributed by atoms with Gasteiger partial charge in [0, 0.05) is 30.6 Å². The number of nitrogens with zero attached hydrogens (tertiary/aromatic N) is 2. The van der Waals surface area contributed by atoms with Gasteiger partial charge in [-0.15, -0.1) is 11.3 Å². The fraction of sp³-hybridized carbons (Fsp3) is 0.235. The molecule has 0 fully saturated rings. The van der Waals surface area contributed by atoms with Crippen LogP contribution in [0.5, 0.6) is 0 Å². The van der Waals surface area contributed by atoms with Crippen LogP contribution in [0.4, 0.5) is 8.78 Å². The van der Waals surface area contributed by atoms with Crippen LogP contribution >= 0.6 is 27.3 Å². The number of amides is 1. The normalized spacial score (nSPS) is 11.2. The van der Waals surface area contributed by atoms with Crippen LogP contribution in [-0.2, 0) is 6.54 Å². The topological polar surface area (TPSA) is 25.2 Å². The molecule has 3 rings (SSSR count). The number of carbonyl (C=O) groups excluding carboxylic acids is 1. The maximum Gasteiger partial charge on any atom is 0.270 e. The minimum absolute atomic E-state index is 0.129. The predicted molar refractivity (Wildman–Crippen MR) is 95.6 cm³/mol. The number of benzene rings is 1. The van der Waals surface area contributed by atoms with Gasteiger partial charge in [0.25, 0.3) is 5.91 Å². The zero-order valence-corrected chi connectivity index (χ0v) is 15.5. The number of carbonyl (C=O) groups is 1. The van der Waals surface area contributed by atoms with Gasteiger partial charge < -0.3 is 9.47 Å². The van der Waals surface area contributed by atoms with E-state index in [0.717, 1.165) is 20.8 Å². The van der Waals surface area contributed by atoms with Gasteiger partial charge in [-0.05, 0) is 35.0 Å². The summed E-state index contributed by atoms with van der Waals surface area (Å²) in [6.07, 6.45) is 0. The molecule has 0 aliphatic heterocycles. The van der Waals surface area contributed by atoms with Crippen LogP contribution in [0.2, 0.25) is 0 Å². The number of halogens is 3. The summed E-state index contributed by atoms with van der Waals surface area (Å²) in [6.45, 7) is 2.62. The number of aromatic nitrogens is 1. The van der Waals surface area contributed by atoms with Crippen molar-refractivity contribution < 1.29 is 13.6 Å². The second-order valence-corrected chi connectivity index (χ2v) is 7.23. The molecule has 3 nitrogen and oxygen atoms in total. The molecular weight excluding hydrogens is 398 g/mol. The van der Waals surface area contributed by atoms with Crippen molar-refractivity contribution in [3.05, 3.63) is 57.0 Å². The molecule has 0 radical (unpaired) electrons. The van der Waals surface area contributed by atoms with Crippen molar-refractivity contribution in [1.82, 2.24) is 9.47 Å². The van der Waals surface area contributed by atoms with Gasteiger partial charge in [0.05, 0.1) is 21.2 Å². The van der Waals surface area contributed by atoms with Crippen LogP contribution in [0.3, 0.4) is 0 Å². The van der Waals surface area contributed by atoms with Crippen molar-refractivity contribution in [3.63, 3.8) is 0 Å². The third-order valence-electron chi connectivity index (χ3n) is 3.96. The molecule has 3 aromatic rings. The lowest BCUT2D eigenvalue weighted by molar-refractivity contribution is 0.0792. The average molecular weight is 413 g/mol. The summed E-state index contributed by atoms with van der Waals surface area (Å²) in [5.74, 6) is -1.37. The quantitative estimate of drug-likeness (QED) is 0.599. The van der Waals surface area contributed by atoms with E-state index in [9.17, 15) is 13.6 Å². The number of rotatable bonds is 4. The van der Waals surface area contributed by atoms with Gasteiger partial charge in [0.1, 0.15) is 17.3 Å². The Labute approximate surface area is 150 Å². The molecule has 0 aliphatic rings. The van der Waals surface area contributed by atoms with Gasteiger partial charge in [-0.3, -0.25) is 4.79 Å². The summed E-state index contributed by atoms with van der Waals surface area (Å²) < 4.78 is 30.8. The first-order valence-corrected chi connectivity index (χ1v) is 9.05. The van der Waals surface area contributed by atoms with Crippen LogP contribution in [0, 0.1) is 11.6 Å². The van der Waals surface area contributed by atoms with Crippen LogP contribution in [0.1, 0.15) is 23.0 Å². The smallest absolute Gasteiger partial charge is 0.270 e. The summed E-state index contributed by atoms with van der Waals surface area (Å²) in [7, 11) is 1.72. The lowest BCUT2D eigenvalue weighted by atomic mass is 10.2. The molecule has 0 atom stereocenters. The van der Waals surface area contributed by atoms with E-state index in [2.05, 4.69) is 15.9 Å². The molecule has 0 saturated heterocycles. The minimum Gasteiger partial charge on any atom is -0.341 e. The monoisotopic (exact) mass is 412 g/mol. The largest absolute Gasteiger partial charge is 0.341 e. The Kier molecular flexibility index (Phi) is 4.73. The van der Waals surface area contributed by atoms with Gasteiger partial charge in [0.15, 0.2) is 0 Å². The Morgan fingerprint density at radius 2 is 2.08 bits per heavy atom. The van der Waals surface area contributed by atoms with Crippen LogP contribution in [0.15, 0.2) is 34.1 Å². The third kappa shape index (κ3) is 2.98. The van der Waals surface area contributed by atoms with Crippen molar-refractivity contribution in [3.8, 4) is 0 Å². The fourth-order valence-electron chi connectivity index (χ4n) is 2.53. The summed E-state index contributed by atoms with van der Waals surface area (Å²) in [6, 6.07) is 5.31. The molecule has 0 spiro atoms. The minimum atomic E-state index is -0.620. The molecule has 1 amide bonds. The van der Waals surface area contributed by atoms with Crippen LogP contribution in [-0.4, -0.2) is 29.0 Å². The van der Waals surface area contributed by atoms with Crippen molar-refractivity contribution in [2.24, 2.45) is 0 Å². The molecule has 0 bridgehead atoms. The SMILES string of the molecule is CCN(C)C(=O)c1cc2scc(Br)c2n1Cc1ccc(F)cc1F. The molecule has 7 heteroatoms. The zero-order valence-electron chi connectivity index (χ0n) is 13.1. The second-order valence-electron chi connectivity index (χ2n) is 5.47. The van der Waals surface area contributed by atoms with E-state index < -0.39 is 11.6 Å². The van der Waals surface area contributed by atoms with Gasteiger partial charge in [0.2, 0.25) is 0 Å². The number of hydrogen-bond donors (Lipinski definition) is 0. The van der Waals surface area contributed by atoms with E-state index in [-0.39, 0.29) is 12.5 Å². The molecule has 0 saturated carbocycles. The summed E-state index contributed by atoms with van der Waals surface area (Å²) in [4.78, 5) is 14.2. The van der Waals surface area contributed by atoms with E-state index in [1.807, 2.05) is 18.4 Å². The van der Waals surface area contributed by atoms with Crippen molar-refractivity contribution in [2.45, 2.75) is 13.5 Å². The maximum atomic E-state index is 14.1. The first kappa shape index (κ1) is 17.1. The molecule has 1 aromatic carbocycles. The van der Waals surface area contributed by atoms with Crippen molar-refractivity contribution >= 4 is 43.4 Å². The number of hydrogen-bond acceptors (Lipinski definition) is 2. The number of thiophene rings is 1. The lowest BCUT2D eigenvalue weighted by Gasteiger charge is -2.17. The number of fused-ring (bicyclic) bond motifs is 1. The highest BCUT2D eigenvalue weighted by molar-refractivity contribution is 9.10. The van der Waals surface area contributed by atoms with Crippen LogP contribution < -0.4 is 0 Å². The van der Waals surface area contributed by atoms with E-state index in [1.54, 1.807) is 16.5 Å². The maximum absolute atomic E-state index is 14.1. The predicted octanol–water partition coefficient (Wildman–Crippen LogP) is 4.88. The Bertz CT molecular complexity index is 919. The Morgan fingerprint density at radius 1 is 1.33 bits per heavy atom. The summed E-state index contributed by atoms with van der Waals surface area (Å²) in [5.41, 5.74) is 1.67. The molecule has 2 aromatic heterocycles. The van der Waals surface area contributed by atoms with Crippen molar-refractivity contribution in [1.29, 1.82) is 0 Å². The Morgan fingerprint density at radius 3 is 2.75 bits per heavy atom. The molecule has 0 N–H and O–H groups in total. The van der Waals surface area contributed by atoms with Gasteiger partial charge in [-0.2, -0.15) is 0 Å². The third-order valence-corrected chi connectivity index (χ3v) is 5.79. The highest BCUT2D eigenvalue weighted by atomic mass is 79.9. The lowest BCUT2D eigenvalue weighted by Crippen LogP contribution is -2.28. The molecule has 0 aliphatic carbocycles. The van der Waals surface area contributed by atoms with E-state index in [4.69, 9.17) is 0 Å². The van der Waals surface area contributed by atoms with E-state index >= 15 is 0 Å².